The van der Waals surface area contributed by atoms with Crippen molar-refractivity contribution in [3.63, 3.8) is 0 Å². The zero-order valence-electron chi connectivity index (χ0n) is 10.3. The van der Waals surface area contributed by atoms with E-state index in [-0.39, 0.29) is 18.3 Å². The van der Waals surface area contributed by atoms with Gasteiger partial charge >= 0.3 is 9.05 Å². The fraction of sp³-hybridized carbons (Fsp3) is 1.00. The second kappa shape index (κ2) is 5.51. The highest BCUT2D eigenvalue weighted by Crippen LogP contribution is 2.21. The second-order valence-electron chi connectivity index (χ2n) is 4.50. The molecule has 18 heavy (non-hydrogen) atoms. The monoisotopic (exact) mass is 278 g/mol. The molecule has 0 aliphatic carbocycles. The highest BCUT2D eigenvalue weighted by atomic mass is 28.4. The van der Waals surface area contributed by atoms with Crippen LogP contribution in [0.1, 0.15) is 0 Å². The molecule has 3 unspecified atom stereocenters. The molecule has 3 saturated heterocycles. The molecule has 8 heteroatoms. The van der Waals surface area contributed by atoms with E-state index < -0.39 is 9.05 Å². The van der Waals surface area contributed by atoms with Gasteiger partial charge in [0.05, 0.1) is 39.6 Å². The summed E-state index contributed by atoms with van der Waals surface area (Å²) in [5.74, 6) is 0. The molecular weight excluding hydrogens is 260 g/mol. The largest absolute Gasteiger partial charge is 0.679 e. The van der Waals surface area contributed by atoms with Gasteiger partial charge in [0.1, 0.15) is 18.3 Å². The SMILES string of the molecule is CO[Si](OCC1CO1)(OCC1CO1)OCC1CO1. The van der Waals surface area contributed by atoms with Crippen molar-refractivity contribution in [1.29, 1.82) is 0 Å². The van der Waals surface area contributed by atoms with Crippen molar-refractivity contribution in [3.8, 4) is 0 Å². The third-order valence-corrected chi connectivity index (χ3v) is 4.86. The van der Waals surface area contributed by atoms with E-state index in [1.807, 2.05) is 0 Å². The molecule has 3 aliphatic heterocycles. The summed E-state index contributed by atoms with van der Waals surface area (Å²) in [5.41, 5.74) is 0. The summed E-state index contributed by atoms with van der Waals surface area (Å²) in [5, 5.41) is 0. The Hall–Kier alpha value is -0.0631. The van der Waals surface area contributed by atoms with E-state index >= 15 is 0 Å². The Morgan fingerprint density at radius 1 is 0.833 bits per heavy atom. The summed E-state index contributed by atoms with van der Waals surface area (Å²) < 4.78 is 37.8. The van der Waals surface area contributed by atoms with Gasteiger partial charge in [-0.05, 0) is 0 Å². The summed E-state index contributed by atoms with van der Waals surface area (Å²) in [4.78, 5) is 0. The van der Waals surface area contributed by atoms with Crippen molar-refractivity contribution in [3.05, 3.63) is 0 Å². The summed E-state index contributed by atoms with van der Waals surface area (Å²) in [7, 11) is -1.53. The Kier molecular flexibility index (Phi) is 3.96. The van der Waals surface area contributed by atoms with Gasteiger partial charge < -0.3 is 31.9 Å². The number of rotatable bonds is 10. The molecule has 3 rings (SSSR count). The molecule has 3 heterocycles. The zero-order chi connectivity index (χ0) is 12.4. The fourth-order valence-electron chi connectivity index (χ4n) is 1.38. The van der Waals surface area contributed by atoms with Gasteiger partial charge in [-0.15, -0.1) is 0 Å². The van der Waals surface area contributed by atoms with Crippen LogP contribution in [0.3, 0.4) is 0 Å². The van der Waals surface area contributed by atoms with Crippen LogP contribution < -0.4 is 0 Å². The first-order valence-corrected chi connectivity index (χ1v) is 7.75. The Morgan fingerprint density at radius 3 is 1.39 bits per heavy atom. The van der Waals surface area contributed by atoms with Crippen molar-refractivity contribution < 1.29 is 31.9 Å². The van der Waals surface area contributed by atoms with Crippen molar-refractivity contribution >= 4 is 9.05 Å². The van der Waals surface area contributed by atoms with Crippen molar-refractivity contribution in [2.75, 3.05) is 46.8 Å². The Labute approximate surface area is 107 Å². The topological polar surface area (TPSA) is 74.5 Å². The molecule has 0 radical (unpaired) electrons. The zero-order valence-corrected chi connectivity index (χ0v) is 11.3. The molecule has 0 bridgehead atoms. The molecule has 0 amide bonds. The van der Waals surface area contributed by atoms with E-state index in [0.29, 0.717) is 19.8 Å². The van der Waals surface area contributed by atoms with Crippen LogP contribution in [-0.2, 0) is 31.9 Å². The lowest BCUT2D eigenvalue weighted by atomic mass is 10.5. The van der Waals surface area contributed by atoms with Crippen LogP contribution in [-0.4, -0.2) is 74.1 Å². The van der Waals surface area contributed by atoms with Crippen molar-refractivity contribution in [1.82, 2.24) is 0 Å². The van der Waals surface area contributed by atoms with Crippen LogP contribution in [0.25, 0.3) is 0 Å². The third kappa shape index (κ3) is 3.97. The number of hydrogen-bond acceptors (Lipinski definition) is 7. The molecule has 0 N–H and O–H groups in total. The van der Waals surface area contributed by atoms with E-state index in [1.165, 1.54) is 0 Å². The molecule has 104 valence electrons. The minimum atomic E-state index is -3.08. The smallest absolute Gasteiger partial charge is 0.371 e. The van der Waals surface area contributed by atoms with Gasteiger partial charge in [-0.1, -0.05) is 0 Å². The lowest BCUT2D eigenvalue weighted by Gasteiger charge is -2.25. The quantitative estimate of drug-likeness (QED) is 0.387. The molecule has 0 saturated carbocycles. The maximum Gasteiger partial charge on any atom is 0.679 e. The van der Waals surface area contributed by atoms with Crippen LogP contribution in [0.2, 0.25) is 0 Å². The van der Waals surface area contributed by atoms with Gasteiger partial charge in [-0.3, -0.25) is 0 Å². The first-order chi connectivity index (χ1) is 8.80. The Morgan fingerprint density at radius 2 is 1.17 bits per heavy atom. The molecule has 0 aromatic heterocycles. The summed E-state index contributed by atoms with van der Waals surface area (Å²) in [6.07, 6.45) is 0.440. The van der Waals surface area contributed by atoms with Crippen LogP contribution in [0, 0.1) is 0 Å². The van der Waals surface area contributed by atoms with E-state index in [1.54, 1.807) is 7.11 Å². The van der Waals surface area contributed by atoms with Gasteiger partial charge in [0.25, 0.3) is 0 Å². The molecular formula is C10H18O7Si. The predicted octanol–water partition coefficient (Wildman–Crippen LogP) is -0.685. The molecule has 0 aromatic carbocycles. The van der Waals surface area contributed by atoms with Crippen LogP contribution >= 0.6 is 0 Å². The van der Waals surface area contributed by atoms with E-state index in [0.717, 1.165) is 19.8 Å². The highest BCUT2D eigenvalue weighted by molar-refractivity contribution is 6.53. The van der Waals surface area contributed by atoms with Crippen molar-refractivity contribution in [2.24, 2.45) is 0 Å². The van der Waals surface area contributed by atoms with Gasteiger partial charge in [-0.25, -0.2) is 0 Å². The van der Waals surface area contributed by atoms with Crippen LogP contribution in [0.5, 0.6) is 0 Å². The highest BCUT2D eigenvalue weighted by Gasteiger charge is 2.49. The molecule has 0 spiro atoms. The molecule has 3 atom stereocenters. The van der Waals surface area contributed by atoms with Gasteiger partial charge in [0, 0.05) is 7.11 Å². The van der Waals surface area contributed by atoms with Crippen molar-refractivity contribution in [2.45, 2.75) is 18.3 Å². The maximum atomic E-state index is 5.70. The number of hydrogen-bond donors (Lipinski definition) is 0. The lowest BCUT2D eigenvalue weighted by Crippen LogP contribution is -2.50. The van der Waals surface area contributed by atoms with Crippen LogP contribution in [0.4, 0.5) is 0 Å². The third-order valence-electron chi connectivity index (χ3n) is 2.80. The first-order valence-electron chi connectivity index (χ1n) is 6.11. The number of epoxide rings is 3. The minimum Gasteiger partial charge on any atom is -0.371 e. The van der Waals surface area contributed by atoms with Gasteiger partial charge in [0.2, 0.25) is 0 Å². The standard InChI is InChI=1S/C10H18O7Si/c1-11-18(15-5-8-2-12-8,16-6-9-3-13-9)17-7-10-4-14-10/h8-10H,2-7H2,1H3. The molecule has 3 aliphatic rings. The second-order valence-corrected chi connectivity index (χ2v) is 6.78. The lowest BCUT2D eigenvalue weighted by molar-refractivity contribution is -0.0304. The molecule has 7 nitrogen and oxygen atoms in total. The Bertz CT molecular complexity index is 237. The normalized spacial score (nSPS) is 36.2. The summed E-state index contributed by atoms with van der Waals surface area (Å²) in [6, 6.07) is 0. The van der Waals surface area contributed by atoms with Crippen LogP contribution in [0.15, 0.2) is 0 Å². The van der Waals surface area contributed by atoms with E-state index in [9.17, 15) is 0 Å². The summed E-state index contributed by atoms with van der Waals surface area (Å²) in [6.45, 7) is 3.51. The predicted molar refractivity (Wildman–Crippen MR) is 59.8 cm³/mol. The summed E-state index contributed by atoms with van der Waals surface area (Å²) >= 11 is 0. The average Bonchev–Trinajstić information content (AvgIpc) is 3.26. The fourth-order valence-corrected chi connectivity index (χ4v) is 3.15. The Balaban J connectivity index is 1.49. The average molecular weight is 278 g/mol. The van der Waals surface area contributed by atoms with Gasteiger partial charge in [-0.2, -0.15) is 0 Å². The first kappa shape index (κ1) is 12.9. The van der Waals surface area contributed by atoms with Gasteiger partial charge in [0.15, 0.2) is 0 Å². The number of ether oxygens (including phenoxy) is 3. The van der Waals surface area contributed by atoms with E-state index in [4.69, 9.17) is 31.9 Å². The minimum absolute atomic E-state index is 0.147. The maximum absolute atomic E-state index is 5.70. The molecule has 3 fully saturated rings. The van der Waals surface area contributed by atoms with E-state index in [2.05, 4.69) is 0 Å². The molecule has 0 aromatic rings.